The maximum atomic E-state index is 12.5. The molecule has 7 nitrogen and oxygen atoms in total. The predicted molar refractivity (Wildman–Crippen MR) is 113 cm³/mol. The first kappa shape index (κ1) is 20.8. The number of aryl methyl sites for hydroxylation is 3. The van der Waals surface area contributed by atoms with Crippen LogP contribution in [-0.4, -0.2) is 24.1 Å². The van der Waals surface area contributed by atoms with Gasteiger partial charge in [0.15, 0.2) is 0 Å². The molecule has 0 radical (unpaired) electrons. The second-order valence-electron chi connectivity index (χ2n) is 6.91. The molecule has 0 fully saturated rings. The van der Waals surface area contributed by atoms with E-state index in [-0.39, 0.29) is 17.2 Å². The van der Waals surface area contributed by atoms with Gasteiger partial charge in [-0.05, 0) is 36.6 Å². The van der Waals surface area contributed by atoms with E-state index in [9.17, 15) is 13.2 Å². The number of nitrogens with two attached hydrogens (primary N) is 1. The van der Waals surface area contributed by atoms with E-state index >= 15 is 0 Å². The number of rotatable bonds is 6. The van der Waals surface area contributed by atoms with Gasteiger partial charge in [-0.3, -0.25) is 9.48 Å². The summed E-state index contributed by atoms with van der Waals surface area (Å²) in [5.41, 5.74) is 4.24. The highest BCUT2D eigenvalue weighted by atomic mass is 32.2. The van der Waals surface area contributed by atoms with Gasteiger partial charge in [-0.15, -0.1) is 0 Å². The molecule has 3 N–H and O–H groups in total. The number of anilines is 1. The zero-order chi connectivity index (χ0) is 21.2. The Bertz CT molecular complexity index is 1170. The van der Waals surface area contributed by atoms with Gasteiger partial charge in [-0.1, -0.05) is 37.3 Å². The molecule has 0 unspecified atom stereocenters. The molecule has 3 rings (SSSR count). The van der Waals surface area contributed by atoms with E-state index in [1.807, 2.05) is 31.2 Å². The minimum atomic E-state index is -4.01. The summed E-state index contributed by atoms with van der Waals surface area (Å²) in [5, 5.41) is 12.5. The summed E-state index contributed by atoms with van der Waals surface area (Å²) in [6.07, 6.45) is 2.77. The Hall–Kier alpha value is -2.97. The van der Waals surface area contributed by atoms with Crippen molar-refractivity contribution in [3.8, 4) is 11.1 Å². The highest BCUT2D eigenvalue weighted by Gasteiger charge is 2.19. The number of carbonyl (C=O) groups is 1. The maximum absolute atomic E-state index is 12.5. The number of carbonyl (C=O) groups excluding carboxylic acids is 1. The fourth-order valence-electron chi connectivity index (χ4n) is 3.38. The number of nitrogens with zero attached hydrogens (tertiary/aromatic N) is 2. The third-order valence-electron chi connectivity index (χ3n) is 4.73. The number of hydrogen-bond acceptors (Lipinski definition) is 4. The van der Waals surface area contributed by atoms with E-state index in [1.165, 1.54) is 6.07 Å². The zero-order valence-electron chi connectivity index (χ0n) is 16.6. The molecule has 0 spiro atoms. The Morgan fingerprint density at radius 1 is 1.14 bits per heavy atom. The quantitative estimate of drug-likeness (QED) is 0.649. The lowest BCUT2D eigenvalue weighted by molar-refractivity contribution is -0.115. The van der Waals surface area contributed by atoms with Crippen molar-refractivity contribution in [3.05, 3.63) is 65.5 Å². The van der Waals surface area contributed by atoms with E-state index in [0.717, 1.165) is 17.5 Å². The van der Waals surface area contributed by atoms with Crippen molar-refractivity contribution in [2.75, 3.05) is 5.32 Å². The molecule has 0 bridgehead atoms. The molecule has 1 amide bonds. The number of benzene rings is 2. The SMILES string of the molecule is CCc1ccccc1CC(=O)Nc1ccc(-c2cn(C)nc2C)c(S(N)(=O)=O)c1. The highest BCUT2D eigenvalue weighted by molar-refractivity contribution is 7.89. The van der Waals surface area contributed by atoms with E-state index in [4.69, 9.17) is 5.14 Å². The largest absolute Gasteiger partial charge is 0.326 e. The Labute approximate surface area is 170 Å². The van der Waals surface area contributed by atoms with Crippen LogP contribution in [0.5, 0.6) is 0 Å². The van der Waals surface area contributed by atoms with Gasteiger partial charge < -0.3 is 5.32 Å². The van der Waals surface area contributed by atoms with E-state index in [1.54, 1.807) is 37.0 Å². The zero-order valence-corrected chi connectivity index (χ0v) is 17.5. The molecular formula is C21H24N4O3S. The first-order chi connectivity index (χ1) is 13.7. The molecule has 152 valence electrons. The Kier molecular flexibility index (Phi) is 5.86. The molecule has 0 aliphatic heterocycles. The molecule has 1 heterocycles. The summed E-state index contributed by atoms with van der Waals surface area (Å²) in [6.45, 7) is 3.83. The molecule has 0 saturated heterocycles. The minimum Gasteiger partial charge on any atom is -0.326 e. The monoisotopic (exact) mass is 412 g/mol. The summed E-state index contributed by atoms with van der Waals surface area (Å²) < 4.78 is 26.0. The first-order valence-corrected chi connectivity index (χ1v) is 10.8. The number of amides is 1. The van der Waals surface area contributed by atoms with Crippen LogP contribution in [0.4, 0.5) is 5.69 Å². The molecule has 1 aromatic heterocycles. The van der Waals surface area contributed by atoms with Gasteiger partial charge in [0.05, 0.1) is 17.0 Å². The Morgan fingerprint density at radius 3 is 2.41 bits per heavy atom. The lowest BCUT2D eigenvalue weighted by Crippen LogP contribution is -2.17. The van der Waals surface area contributed by atoms with Gasteiger partial charge in [-0.25, -0.2) is 13.6 Å². The van der Waals surface area contributed by atoms with Gasteiger partial charge in [0.1, 0.15) is 0 Å². The number of sulfonamides is 1. The van der Waals surface area contributed by atoms with Crippen LogP contribution in [0.1, 0.15) is 23.7 Å². The minimum absolute atomic E-state index is 0.0552. The van der Waals surface area contributed by atoms with Crippen molar-refractivity contribution >= 4 is 21.6 Å². The normalized spacial score (nSPS) is 11.4. The third kappa shape index (κ3) is 4.72. The third-order valence-corrected chi connectivity index (χ3v) is 5.68. The lowest BCUT2D eigenvalue weighted by Gasteiger charge is -2.12. The molecule has 3 aromatic rings. The summed E-state index contributed by atoms with van der Waals surface area (Å²) >= 11 is 0. The van der Waals surface area contributed by atoms with Crippen molar-refractivity contribution in [1.82, 2.24) is 9.78 Å². The average Bonchev–Trinajstić information content (AvgIpc) is 2.99. The van der Waals surface area contributed by atoms with Gasteiger partial charge >= 0.3 is 0 Å². The van der Waals surface area contributed by atoms with Crippen LogP contribution in [0.25, 0.3) is 11.1 Å². The molecule has 0 aliphatic carbocycles. The summed E-state index contributed by atoms with van der Waals surface area (Å²) in [7, 11) is -2.25. The maximum Gasteiger partial charge on any atom is 0.238 e. The fourth-order valence-corrected chi connectivity index (χ4v) is 4.15. The second-order valence-corrected chi connectivity index (χ2v) is 8.43. The molecule has 0 saturated carbocycles. The van der Waals surface area contributed by atoms with Crippen LogP contribution >= 0.6 is 0 Å². The summed E-state index contributed by atoms with van der Waals surface area (Å²) in [4.78, 5) is 12.5. The average molecular weight is 413 g/mol. The first-order valence-electron chi connectivity index (χ1n) is 9.23. The molecule has 0 atom stereocenters. The van der Waals surface area contributed by atoms with Crippen LogP contribution in [0.3, 0.4) is 0 Å². The molecule has 0 aliphatic rings. The van der Waals surface area contributed by atoms with Gasteiger partial charge in [0.2, 0.25) is 15.9 Å². The fraction of sp³-hybridized carbons (Fsp3) is 0.238. The number of nitrogens with one attached hydrogen (secondary N) is 1. The Morgan fingerprint density at radius 2 is 1.83 bits per heavy atom. The van der Waals surface area contributed by atoms with Gasteiger partial charge in [-0.2, -0.15) is 5.10 Å². The summed E-state index contributed by atoms with van der Waals surface area (Å²) in [6, 6.07) is 12.4. The lowest BCUT2D eigenvalue weighted by atomic mass is 10.0. The van der Waals surface area contributed by atoms with E-state index < -0.39 is 10.0 Å². The van der Waals surface area contributed by atoms with Crippen LogP contribution in [0.2, 0.25) is 0 Å². The smallest absolute Gasteiger partial charge is 0.238 e. The van der Waals surface area contributed by atoms with Gasteiger partial charge in [0, 0.05) is 30.1 Å². The van der Waals surface area contributed by atoms with Crippen LogP contribution in [0.15, 0.2) is 53.6 Å². The van der Waals surface area contributed by atoms with Crippen molar-refractivity contribution in [2.45, 2.75) is 31.6 Å². The van der Waals surface area contributed by atoms with Crippen molar-refractivity contribution in [3.63, 3.8) is 0 Å². The number of hydrogen-bond donors (Lipinski definition) is 2. The standard InChI is InChI=1S/C21H24N4O3S/c1-4-15-7-5-6-8-16(15)11-21(26)23-17-9-10-18(20(12-17)29(22,27)28)19-13-25(3)24-14(19)2/h5-10,12-13H,4,11H2,1-3H3,(H,23,26)(H2,22,27,28). The van der Waals surface area contributed by atoms with Crippen molar-refractivity contribution < 1.29 is 13.2 Å². The molecular weight excluding hydrogens is 388 g/mol. The van der Waals surface area contributed by atoms with E-state index in [2.05, 4.69) is 10.4 Å². The van der Waals surface area contributed by atoms with Crippen LogP contribution in [0, 0.1) is 6.92 Å². The topological polar surface area (TPSA) is 107 Å². The second kappa shape index (κ2) is 8.18. The number of primary sulfonamides is 1. The predicted octanol–water partition coefficient (Wildman–Crippen LogP) is 2.79. The highest BCUT2D eigenvalue weighted by Crippen LogP contribution is 2.31. The molecule has 2 aromatic carbocycles. The van der Waals surface area contributed by atoms with Crippen molar-refractivity contribution in [1.29, 1.82) is 0 Å². The Balaban J connectivity index is 1.91. The summed E-state index contributed by atoms with van der Waals surface area (Å²) in [5.74, 6) is -0.225. The van der Waals surface area contributed by atoms with Gasteiger partial charge in [0.25, 0.3) is 0 Å². The van der Waals surface area contributed by atoms with Crippen molar-refractivity contribution in [2.24, 2.45) is 12.2 Å². The number of aromatic nitrogens is 2. The van der Waals surface area contributed by atoms with Crippen LogP contribution in [-0.2, 0) is 34.7 Å². The van der Waals surface area contributed by atoms with Crippen LogP contribution < -0.4 is 10.5 Å². The van der Waals surface area contributed by atoms with E-state index in [0.29, 0.717) is 22.5 Å². The molecule has 8 heteroatoms. The molecule has 29 heavy (non-hydrogen) atoms.